The minimum atomic E-state index is -0.962. The molecule has 0 aliphatic rings. The van der Waals surface area contributed by atoms with Gasteiger partial charge in [-0.3, -0.25) is 0 Å². The number of nitrogens with zero attached hydrogens (tertiary/aromatic N) is 1. The van der Waals surface area contributed by atoms with E-state index in [0.29, 0.717) is 12.6 Å². The molecule has 0 saturated heterocycles. The Morgan fingerprint density at radius 3 is 3.00 bits per heavy atom. The maximum Gasteiger partial charge on any atom is 0.355 e. The quantitative estimate of drug-likeness (QED) is 0.783. The number of rotatable bonds is 5. The van der Waals surface area contributed by atoms with E-state index in [9.17, 15) is 4.79 Å². The lowest BCUT2D eigenvalue weighted by atomic mass is 10.3. The second-order valence-electron chi connectivity index (χ2n) is 3.12. The van der Waals surface area contributed by atoms with Crippen LogP contribution in [0, 0.1) is 0 Å². The molecule has 0 bridgehead atoms. The van der Waals surface area contributed by atoms with Crippen molar-refractivity contribution in [3.8, 4) is 0 Å². The molecule has 1 rings (SSSR count). The summed E-state index contributed by atoms with van der Waals surface area (Å²) in [4.78, 5) is 14.5. The van der Waals surface area contributed by atoms with Gasteiger partial charge in [0.25, 0.3) is 0 Å². The Bertz CT molecular complexity index is 312. The monoisotopic (exact) mass is 214 g/mol. The van der Waals surface area contributed by atoms with Gasteiger partial charge in [-0.05, 0) is 13.3 Å². The van der Waals surface area contributed by atoms with Crippen molar-refractivity contribution in [1.29, 1.82) is 0 Å². The molecule has 1 heterocycles. The molecule has 5 heteroatoms. The molecule has 14 heavy (non-hydrogen) atoms. The van der Waals surface area contributed by atoms with Crippen LogP contribution in [0.25, 0.3) is 0 Å². The number of carbonyl (C=O) groups is 1. The summed E-state index contributed by atoms with van der Waals surface area (Å²) < 4.78 is 0. The van der Waals surface area contributed by atoms with Crippen molar-refractivity contribution in [2.24, 2.45) is 0 Å². The van der Waals surface area contributed by atoms with Crippen LogP contribution in [0.1, 0.15) is 35.8 Å². The molecule has 0 fully saturated rings. The van der Waals surface area contributed by atoms with E-state index in [4.69, 9.17) is 5.11 Å². The lowest BCUT2D eigenvalue weighted by molar-refractivity contribution is 0.0691. The largest absolute Gasteiger partial charge is 0.476 e. The molecule has 4 nitrogen and oxygen atoms in total. The Morgan fingerprint density at radius 1 is 1.79 bits per heavy atom. The standard InChI is InChI=1S/C9H14N2O2S/c1-3-6(2)10-4-8-11-7(5-14-8)9(12)13/h5-6,10H,3-4H2,1-2H3,(H,12,13). The second kappa shape index (κ2) is 5.07. The number of aromatic carboxylic acids is 1. The van der Waals surface area contributed by atoms with Gasteiger partial charge < -0.3 is 10.4 Å². The third-order valence-corrected chi connectivity index (χ3v) is 2.83. The van der Waals surface area contributed by atoms with Gasteiger partial charge in [0.15, 0.2) is 5.69 Å². The fourth-order valence-corrected chi connectivity index (χ4v) is 1.62. The molecule has 0 aliphatic heterocycles. The van der Waals surface area contributed by atoms with Crippen molar-refractivity contribution in [1.82, 2.24) is 10.3 Å². The highest BCUT2D eigenvalue weighted by atomic mass is 32.1. The fraction of sp³-hybridized carbons (Fsp3) is 0.556. The number of carboxylic acids is 1. The molecule has 0 saturated carbocycles. The van der Waals surface area contributed by atoms with E-state index in [2.05, 4.69) is 24.1 Å². The molecule has 0 radical (unpaired) electrons. The molecule has 0 aliphatic carbocycles. The Labute approximate surface area is 87.0 Å². The van der Waals surface area contributed by atoms with E-state index >= 15 is 0 Å². The van der Waals surface area contributed by atoms with Crippen LogP contribution in [0.15, 0.2) is 5.38 Å². The van der Waals surface area contributed by atoms with Crippen LogP contribution in [-0.4, -0.2) is 22.1 Å². The second-order valence-corrected chi connectivity index (χ2v) is 4.06. The number of nitrogens with one attached hydrogen (secondary N) is 1. The number of aromatic nitrogens is 1. The highest BCUT2D eigenvalue weighted by Gasteiger charge is 2.08. The van der Waals surface area contributed by atoms with E-state index in [0.717, 1.165) is 11.4 Å². The van der Waals surface area contributed by atoms with Crippen LogP contribution in [0.4, 0.5) is 0 Å². The SMILES string of the molecule is CCC(C)NCc1nc(C(=O)O)cs1. The minimum absolute atomic E-state index is 0.135. The third-order valence-electron chi connectivity index (χ3n) is 1.98. The highest BCUT2D eigenvalue weighted by Crippen LogP contribution is 2.09. The van der Waals surface area contributed by atoms with Gasteiger partial charge in [0, 0.05) is 18.0 Å². The molecule has 0 spiro atoms. The Hall–Kier alpha value is -0.940. The van der Waals surface area contributed by atoms with E-state index in [-0.39, 0.29) is 5.69 Å². The summed E-state index contributed by atoms with van der Waals surface area (Å²) in [6.45, 7) is 4.83. The normalized spacial score (nSPS) is 12.7. The Kier molecular flexibility index (Phi) is 4.03. The van der Waals surface area contributed by atoms with Gasteiger partial charge in [-0.25, -0.2) is 9.78 Å². The van der Waals surface area contributed by atoms with Crippen molar-refractivity contribution in [2.75, 3.05) is 0 Å². The topological polar surface area (TPSA) is 62.2 Å². The van der Waals surface area contributed by atoms with Crippen molar-refractivity contribution < 1.29 is 9.90 Å². The van der Waals surface area contributed by atoms with Crippen molar-refractivity contribution in [3.05, 3.63) is 16.1 Å². The van der Waals surface area contributed by atoms with Gasteiger partial charge in [0.05, 0.1) is 0 Å². The first-order valence-corrected chi connectivity index (χ1v) is 5.42. The predicted octanol–water partition coefficient (Wildman–Crippen LogP) is 1.73. The van der Waals surface area contributed by atoms with E-state index in [1.807, 2.05) is 0 Å². The first-order valence-electron chi connectivity index (χ1n) is 4.54. The zero-order valence-corrected chi connectivity index (χ0v) is 9.10. The van der Waals surface area contributed by atoms with Crippen LogP contribution in [-0.2, 0) is 6.54 Å². The summed E-state index contributed by atoms with van der Waals surface area (Å²) in [7, 11) is 0. The summed E-state index contributed by atoms with van der Waals surface area (Å²) in [6.07, 6.45) is 1.05. The van der Waals surface area contributed by atoms with Gasteiger partial charge in [-0.2, -0.15) is 0 Å². The van der Waals surface area contributed by atoms with Crippen LogP contribution >= 0.6 is 11.3 Å². The third kappa shape index (κ3) is 3.08. The number of hydrogen-bond acceptors (Lipinski definition) is 4. The zero-order chi connectivity index (χ0) is 10.6. The maximum absolute atomic E-state index is 10.5. The highest BCUT2D eigenvalue weighted by molar-refractivity contribution is 7.09. The van der Waals surface area contributed by atoms with Crippen molar-refractivity contribution >= 4 is 17.3 Å². The molecular formula is C9H14N2O2S. The van der Waals surface area contributed by atoms with E-state index < -0.39 is 5.97 Å². The van der Waals surface area contributed by atoms with Crippen LogP contribution < -0.4 is 5.32 Å². The first kappa shape index (κ1) is 11.1. The average Bonchev–Trinajstić information content (AvgIpc) is 2.62. The molecule has 1 aromatic rings. The van der Waals surface area contributed by atoms with Crippen molar-refractivity contribution in [2.45, 2.75) is 32.9 Å². The summed E-state index contributed by atoms with van der Waals surface area (Å²) in [5, 5.41) is 14.3. The molecular weight excluding hydrogens is 200 g/mol. The average molecular weight is 214 g/mol. The van der Waals surface area contributed by atoms with Crippen LogP contribution in [0.2, 0.25) is 0 Å². The summed E-state index contributed by atoms with van der Waals surface area (Å²) in [6, 6.07) is 0.437. The summed E-state index contributed by atoms with van der Waals surface area (Å²) in [5.41, 5.74) is 0.135. The summed E-state index contributed by atoms with van der Waals surface area (Å²) in [5.74, 6) is -0.962. The van der Waals surface area contributed by atoms with E-state index in [1.165, 1.54) is 11.3 Å². The van der Waals surface area contributed by atoms with Crippen LogP contribution in [0.3, 0.4) is 0 Å². The molecule has 1 aromatic heterocycles. The van der Waals surface area contributed by atoms with Crippen molar-refractivity contribution in [3.63, 3.8) is 0 Å². The smallest absolute Gasteiger partial charge is 0.355 e. The number of hydrogen-bond donors (Lipinski definition) is 2. The van der Waals surface area contributed by atoms with E-state index in [1.54, 1.807) is 5.38 Å². The fourth-order valence-electron chi connectivity index (χ4n) is 0.896. The molecule has 0 amide bonds. The first-order chi connectivity index (χ1) is 6.63. The summed E-state index contributed by atoms with van der Waals surface area (Å²) >= 11 is 1.38. The van der Waals surface area contributed by atoms with Gasteiger partial charge in [-0.15, -0.1) is 11.3 Å². The zero-order valence-electron chi connectivity index (χ0n) is 8.28. The molecule has 0 aromatic carbocycles. The lowest BCUT2D eigenvalue weighted by Gasteiger charge is -2.08. The molecule has 1 unspecified atom stereocenters. The van der Waals surface area contributed by atoms with Gasteiger partial charge in [-0.1, -0.05) is 6.92 Å². The molecule has 78 valence electrons. The Morgan fingerprint density at radius 2 is 2.50 bits per heavy atom. The molecule has 1 atom stereocenters. The predicted molar refractivity (Wildman–Crippen MR) is 55.7 cm³/mol. The van der Waals surface area contributed by atoms with Gasteiger partial charge >= 0.3 is 5.97 Å². The van der Waals surface area contributed by atoms with Gasteiger partial charge in [0.2, 0.25) is 0 Å². The number of carboxylic acid groups (broad SMARTS) is 1. The molecule has 2 N–H and O–H groups in total. The Balaban J connectivity index is 2.48. The van der Waals surface area contributed by atoms with Gasteiger partial charge in [0.1, 0.15) is 5.01 Å². The lowest BCUT2D eigenvalue weighted by Crippen LogP contribution is -2.24. The number of thiazole rings is 1. The minimum Gasteiger partial charge on any atom is -0.476 e. The maximum atomic E-state index is 10.5. The van der Waals surface area contributed by atoms with Crippen LogP contribution in [0.5, 0.6) is 0 Å².